The molecule has 0 atom stereocenters. The third-order valence-electron chi connectivity index (χ3n) is 1.08. The van der Waals surface area contributed by atoms with Crippen LogP contribution in [0.1, 0.15) is 6.92 Å². The Balaban J connectivity index is 2.75. The molecule has 1 heterocycles. The van der Waals surface area contributed by atoms with Crippen LogP contribution in [0, 0.1) is 5.82 Å². The quantitative estimate of drug-likeness (QED) is 0.675. The van der Waals surface area contributed by atoms with Gasteiger partial charge < -0.3 is 5.32 Å². The number of halogens is 1. The molecule has 0 bridgehead atoms. The van der Waals surface area contributed by atoms with Gasteiger partial charge in [-0.3, -0.25) is 0 Å². The van der Waals surface area contributed by atoms with E-state index in [-0.39, 0.29) is 5.82 Å². The van der Waals surface area contributed by atoms with E-state index in [0.717, 1.165) is 6.54 Å². The molecule has 1 N–H and O–H groups in total. The standard InChI is InChI=1S/C7H9FN2/c1-2-9-7-5-6(8)3-4-10-7/h3-5H,2H2,1H3,(H,9,10). The first kappa shape index (κ1) is 6.99. The zero-order chi connectivity index (χ0) is 7.40. The summed E-state index contributed by atoms with van der Waals surface area (Å²) in [5.74, 6) is 0.327. The van der Waals surface area contributed by atoms with E-state index >= 15 is 0 Å². The summed E-state index contributed by atoms with van der Waals surface area (Å²) in [4.78, 5) is 3.88. The van der Waals surface area contributed by atoms with Crippen molar-refractivity contribution in [3.63, 3.8) is 0 Å². The van der Waals surface area contributed by atoms with Crippen molar-refractivity contribution in [1.29, 1.82) is 0 Å². The molecule has 1 aromatic heterocycles. The van der Waals surface area contributed by atoms with Gasteiger partial charge >= 0.3 is 0 Å². The first-order chi connectivity index (χ1) is 4.83. The Morgan fingerprint density at radius 1 is 1.70 bits per heavy atom. The summed E-state index contributed by atoms with van der Waals surface area (Å²) in [5.41, 5.74) is 0. The average Bonchev–Trinajstić information content (AvgIpc) is 1.88. The van der Waals surface area contributed by atoms with Crippen LogP contribution in [0.25, 0.3) is 0 Å². The number of pyridine rings is 1. The van der Waals surface area contributed by atoms with Gasteiger partial charge in [0.2, 0.25) is 0 Å². The van der Waals surface area contributed by atoms with Crippen LogP contribution in [-0.4, -0.2) is 11.5 Å². The zero-order valence-electron chi connectivity index (χ0n) is 5.76. The molecule has 0 spiro atoms. The van der Waals surface area contributed by atoms with Crippen LogP contribution in [-0.2, 0) is 0 Å². The van der Waals surface area contributed by atoms with E-state index in [4.69, 9.17) is 0 Å². The predicted octanol–water partition coefficient (Wildman–Crippen LogP) is 1.65. The van der Waals surface area contributed by atoms with E-state index in [1.807, 2.05) is 6.92 Å². The normalized spacial score (nSPS) is 9.40. The Labute approximate surface area is 59.1 Å². The summed E-state index contributed by atoms with van der Waals surface area (Å²) < 4.78 is 12.4. The molecule has 0 unspecified atom stereocenters. The summed E-state index contributed by atoms with van der Waals surface area (Å²) >= 11 is 0. The number of aromatic nitrogens is 1. The maximum Gasteiger partial charge on any atom is 0.128 e. The van der Waals surface area contributed by atoms with Gasteiger partial charge in [-0.1, -0.05) is 0 Å². The topological polar surface area (TPSA) is 24.9 Å². The van der Waals surface area contributed by atoms with Crippen LogP contribution in [0.3, 0.4) is 0 Å². The van der Waals surface area contributed by atoms with Gasteiger partial charge in [0.15, 0.2) is 0 Å². The number of nitrogens with zero attached hydrogens (tertiary/aromatic N) is 1. The highest BCUT2D eigenvalue weighted by atomic mass is 19.1. The number of hydrogen-bond donors (Lipinski definition) is 1. The van der Waals surface area contributed by atoms with Crippen LogP contribution in [0.15, 0.2) is 18.3 Å². The molecule has 0 saturated carbocycles. The lowest BCUT2D eigenvalue weighted by Gasteiger charge is -1.99. The van der Waals surface area contributed by atoms with Gasteiger partial charge in [0.05, 0.1) is 0 Å². The van der Waals surface area contributed by atoms with Crippen LogP contribution in [0.5, 0.6) is 0 Å². The number of hydrogen-bond acceptors (Lipinski definition) is 2. The van der Waals surface area contributed by atoms with Crippen LogP contribution < -0.4 is 5.32 Å². The fourth-order valence-electron chi connectivity index (χ4n) is 0.683. The lowest BCUT2D eigenvalue weighted by atomic mass is 10.4. The second-order valence-electron chi connectivity index (χ2n) is 1.89. The molecular weight excluding hydrogens is 131 g/mol. The first-order valence-corrected chi connectivity index (χ1v) is 3.18. The minimum Gasteiger partial charge on any atom is -0.370 e. The highest BCUT2D eigenvalue weighted by molar-refractivity contribution is 5.33. The van der Waals surface area contributed by atoms with Gasteiger partial charge in [-0.25, -0.2) is 9.37 Å². The Morgan fingerprint density at radius 2 is 2.50 bits per heavy atom. The van der Waals surface area contributed by atoms with E-state index in [2.05, 4.69) is 10.3 Å². The molecule has 0 aliphatic rings. The van der Waals surface area contributed by atoms with Crippen LogP contribution >= 0.6 is 0 Å². The lowest BCUT2D eigenvalue weighted by molar-refractivity contribution is 0.626. The van der Waals surface area contributed by atoms with Gasteiger partial charge in [0.25, 0.3) is 0 Å². The van der Waals surface area contributed by atoms with Gasteiger partial charge in [-0.2, -0.15) is 0 Å². The smallest absolute Gasteiger partial charge is 0.128 e. The fraction of sp³-hybridized carbons (Fsp3) is 0.286. The molecule has 0 fully saturated rings. The predicted molar refractivity (Wildman–Crippen MR) is 38.4 cm³/mol. The minimum absolute atomic E-state index is 0.258. The first-order valence-electron chi connectivity index (χ1n) is 3.18. The molecular formula is C7H9FN2. The highest BCUT2D eigenvalue weighted by Crippen LogP contribution is 2.03. The molecule has 0 radical (unpaired) electrons. The molecule has 0 aliphatic heterocycles. The Kier molecular flexibility index (Phi) is 2.20. The molecule has 10 heavy (non-hydrogen) atoms. The zero-order valence-corrected chi connectivity index (χ0v) is 5.76. The van der Waals surface area contributed by atoms with Crippen molar-refractivity contribution in [1.82, 2.24) is 4.98 Å². The van der Waals surface area contributed by atoms with Crippen molar-refractivity contribution in [2.45, 2.75) is 6.92 Å². The third-order valence-corrected chi connectivity index (χ3v) is 1.08. The maximum atomic E-state index is 12.4. The lowest BCUT2D eigenvalue weighted by Crippen LogP contribution is -1.98. The summed E-state index contributed by atoms with van der Waals surface area (Å²) in [7, 11) is 0. The monoisotopic (exact) mass is 140 g/mol. The van der Waals surface area contributed by atoms with Crippen LogP contribution in [0.2, 0.25) is 0 Å². The molecule has 1 rings (SSSR count). The average molecular weight is 140 g/mol. The summed E-state index contributed by atoms with van der Waals surface area (Å²) in [5, 5.41) is 2.90. The van der Waals surface area contributed by atoms with Crippen molar-refractivity contribution in [3.8, 4) is 0 Å². The summed E-state index contributed by atoms with van der Waals surface area (Å²) in [6.45, 7) is 2.70. The van der Waals surface area contributed by atoms with Gasteiger partial charge in [-0.05, 0) is 13.0 Å². The Bertz CT molecular complexity index is 213. The van der Waals surface area contributed by atoms with Crippen molar-refractivity contribution in [2.24, 2.45) is 0 Å². The highest BCUT2D eigenvalue weighted by Gasteiger charge is 1.91. The maximum absolute atomic E-state index is 12.4. The summed E-state index contributed by atoms with van der Waals surface area (Å²) in [6, 6.07) is 2.68. The fourth-order valence-corrected chi connectivity index (χ4v) is 0.683. The minimum atomic E-state index is -0.258. The molecule has 3 heteroatoms. The van der Waals surface area contributed by atoms with E-state index in [9.17, 15) is 4.39 Å². The SMILES string of the molecule is CCNc1cc(F)ccn1. The molecule has 0 saturated heterocycles. The van der Waals surface area contributed by atoms with E-state index in [0.29, 0.717) is 5.82 Å². The number of rotatable bonds is 2. The summed E-state index contributed by atoms with van der Waals surface area (Å²) in [6.07, 6.45) is 1.44. The largest absolute Gasteiger partial charge is 0.370 e. The molecule has 54 valence electrons. The third kappa shape index (κ3) is 1.69. The van der Waals surface area contributed by atoms with Gasteiger partial charge in [0, 0.05) is 18.8 Å². The molecule has 2 nitrogen and oxygen atoms in total. The van der Waals surface area contributed by atoms with Crippen molar-refractivity contribution < 1.29 is 4.39 Å². The van der Waals surface area contributed by atoms with Crippen molar-refractivity contribution >= 4 is 5.82 Å². The van der Waals surface area contributed by atoms with Crippen molar-refractivity contribution in [2.75, 3.05) is 11.9 Å². The van der Waals surface area contributed by atoms with Crippen LogP contribution in [0.4, 0.5) is 10.2 Å². The van der Waals surface area contributed by atoms with Crippen molar-refractivity contribution in [3.05, 3.63) is 24.1 Å². The Morgan fingerprint density at radius 3 is 3.10 bits per heavy atom. The van der Waals surface area contributed by atoms with Gasteiger partial charge in [-0.15, -0.1) is 0 Å². The number of anilines is 1. The molecule has 0 aromatic carbocycles. The Hall–Kier alpha value is -1.12. The number of nitrogens with one attached hydrogen (secondary N) is 1. The second-order valence-corrected chi connectivity index (χ2v) is 1.89. The van der Waals surface area contributed by atoms with E-state index in [1.165, 1.54) is 18.3 Å². The van der Waals surface area contributed by atoms with Gasteiger partial charge in [0.1, 0.15) is 11.6 Å². The van der Waals surface area contributed by atoms with E-state index in [1.54, 1.807) is 0 Å². The molecule has 0 aliphatic carbocycles. The second kappa shape index (κ2) is 3.15. The molecule has 1 aromatic rings. The van der Waals surface area contributed by atoms with E-state index < -0.39 is 0 Å². The molecule has 0 amide bonds.